The fourth-order valence-electron chi connectivity index (χ4n) is 3.31. The predicted molar refractivity (Wildman–Crippen MR) is 106 cm³/mol. The Kier molecular flexibility index (Phi) is 7.16. The average Bonchev–Trinajstić information content (AvgIpc) is 3.18. The first-order valence-corrected chi connectivity index (χ1v) is 10.3. The molecule has 1 amide bonds. The van der Waals surface area contributed by atoms with Gasteiger partial charge in [0.05, 0.1) is 11.1 Å². The summed E-state index contributed by atoms with van der Waals surface area (Å²) in [5, 5.41) is 1.12. The van der Waals surface area contributed by atoms with Gasteiger partial charge < -0.3 is 15.2 Å². The van der Waals surface area contributed by atoms with E-state index in [1.165, 1.54) is 17.6 Å². The molecule has 2 fully saturated rings. The number of aryl methyl sites for hydroxylation is 1. The van der Waals surface area contributed by atoms with Crippen LogP contribution in [-0.2, 0) is 11.3 Å². The summed E-state index contributed by atoms with van der Waals surface area (Å²) in [6.07, 6.45) is 8.70. The Morgan fingerprint density at radius 2 is 1.93 bits per heavy atom. The second-order valence-corrected chi connectivity index (χ2v) is 8.42. The lowest BCUT2D eigenvalue weighted by Gasteiger charge is -2.25. The number of primary amides is 1. The number of carbonyl (C=O) groups excluding carboxylic acids is 1. The fraction of sp³-hybridized carbons (Fsp3) is 0.579. The number of rotatable bonds is 6. The molecule has 1 saturated heterocycles. The lowest BCUT2D eigenvalue weighted by atomic mass is 9.96. The molecule has 9 heteroatoms. The van der Waals surface area contributed by atoms with Gasteiger partial charge in [0.2, 0.25) is 18.2 Å². The van der Waals surface area contributed by atoms with Gasteiger partial charge in [-0.1, -0.05) is 0 Å². The topological polar surface area (TPSA) is 103 Å². The fourth-order valence-corrected chi connectivity index (χ4v) is 4.13. The van der Waals surface area contributed by atoms with E-state index in [2.05, 4.69) is 32.5 Å². The van der Waals surface area contributed by atoms with Crippen molar-refractivity contribution >= 4 is 17.7 Å². The molecule has 0 aromatic carbocycles. The van der Waals surface area contributed by atoms with Gasteiger partial charge in [0.25, 0.3) is 0 Å². The molecule has 28 heavy (non-hydrogen) atoms. The normalized spacial score (nSPS) is 22.1. The first kappa shape index (κ1) is 20.5. The average molecular weight is 406 g/mol. The highest BCUT2D eigenvalue weighted by atomic mass is 32.1. The van der Waals surface area contributed by atoms with Crippen molar-refractivity contribution in [3.05, 3.63) is 28.5 Å². The third-order valence-electron chi connectivity index (χ3n) is 4.94. The Bertz CT molecular complexity index is 768. The summed E-state index contributed by atoms with van der Waals surface area (Å²) >= 11 is 1.77. The number of nitrogens with two attached hydrogens (primary N) is 1. The molecule has 2 aromatic heterocycles. The lowest BCUT2D eigenvalue weighted by Crippen LogP contribution is -2.27. The van der Waals surface area contributed by atoms with Crippen LogP contribution >= 0.6 is 11.3 Å². The van der Waals surface area contributed by atoms with Crippen LogP contribution in [0.4, 0.5) is 0 Å². The number of likely N-dealkylation sites (tertiary alicyclic amines) is 1. The van der Waals surface area contributed by atoms with Crippen molar-refractivity contribution in [1.29, 1.82) is 0 Å². The zero-order chi connectivity index (χ0) is 19.9. The standard InChI is InChI=1S/C18H24N4O2S.CH3NO/c1-12-6-15(9-22(12)10-16-8-19-13(2)25-16)24-18-7-17(20-11-21-18)23-14-4-3-5-14;2-1-3/h7-8,11-12,14-15H,3-6,9-10H2,1-2H3;1H,(H2,2,3). The molecule has 0 radical (unpaired) electrons. The van der Waals surface area contributed by atoms with Gasteiger partial charge in [0.1, 0.15) is 18.5 Å². The van der Waals surface area contributed by atoms with E-state index in [9.17, 15) is 0 Å². The highest BCUT2D eigenvalue weighted by Crippen LogP contribution is 2.28. The van der Waals surface area contributed by atoms with Crippen LogP contribution in [0.25, 0.3) is 0 Å². The van der Waals surface area contributed by atoms with Gasteiger partial charge in [-0.2, -0.15) is 0 Å². The van der Waals surface area contributed by atoms with Crippen molar-refractivity contribution in [3.63, 3.8) is 0 Å². The van der Waals surface area contributed by atoms with Crippen LogP contribution in [0.3, 0.4) is 0 Å². The Hall–Kier alpha value is -2.26. The lowest BCUT2D eigenvalue weighted by molar-refractivity contribution is -0.106. The minimum absolute atomic E-state index is 0.149. The van der Waals surface area contributed by atoms with Crippen LogP contribution in [0.15, 0.2) is 18.6 Å². The van der Waals surface area contributed by atoms with E-state index < -0.39 is 0 Å². The first-order chi connectivity index (χ1) is 13.6. The zero-order valence-electron chi connectivity index (χ0n) is 16.3. The molecule has 2 atom stereocenters. The van der Waals surface area contributed by atoms with Crippen molar-refractivity contribution in [2.75, 3.05) is 6.54 Å². The van der Waals surface area contributed by atoms with E-state index in [0.29, 0.717) is 23.9 Å². The summed E-state index contributed by atoms with van der Waals surface area (Å²) in [5.74, 6) is 1.23. The molecule has 3 heterocycles. The molecule has 1 aliphatic carbocycles. The Morgan fingerprint density at radius 1 is 1.25 bits per heavy atom. The third-order valence-corrected chi connectivity index (χ3v) is 5.84. The van der Waals surface area contributed by atoms with Crippen molar-refractivity contribution in [2.24, 2.45) is 5.73 Å². The zero-order valence-corrected chi connectivity index (χ0v) is 17.1. The van der Waals surface area contributed by atoms with Crippen LogP contribution in [0.1, 0.15) is 42.5 Å². The van der Waals surface area contributed by atoms with Crippen LogP contribution in [-0.4, -0.2) is 51.1 Å². The summed E-state index contributed by atoms with van der Waals surface area (Å²) in [7, 11) is 0. The number of thiazole rings is 1. The number of nitrogens with zero attached hydrogens (tertiary/aromatic N) is 4. The largest absolute Gasteiger partial charge is 0.474 e. The molecule has 4 rings (SSSR count). The summed E-state index contributed by atoms with van der Waals surface area (Å²) in [6, 6.07) is 2.30. The van der Waals surface area contributed by atoms with Gasteiger partial charge in [0.15, 0.2) is 0 Å². The summed E-state index contributed by atoms with van der Waals surface area (Å²) < 4.78 is 11.9. The van der Waals surface area contributed by atoms with Gasteiger partial charge >= 0.3 is 0 Å². The smallest absolute Gasteiger partial charge is 0.220 e. The van der Waals surface area contributed by atoms with Crippen LogP contribution < -0.4 is 15.2 Å². The van der Waals surface area contributed by atoms with Crippen LogP contribution in [0.5, 0.6) is 11.8 Å². The molecule has 0 spiro atoms. The Labute approximate surface area is 169 Å². The van der Waals surface area contributed by atoms with Gasteiger partial charge in [-0.3, -0.25) is 9.69 Å². The van der Waals surface area contributed by atoms with Crippen LogP contribution in [0, 0.1) is 6.92 Å². The molecule has 2 unspecified atom stereocenters. The number of carbonyl (C=O) groups is 1. The van der Waals surface area contributed by atoms with Crippen molar-refractivity contribution in [2.45, 2.75) is 64.3 Å². The Morgan fingerprint density at radius 3 is 2.50 bits per heavy atom. The molecule has 0 bridgehead atoms. The van der Waals surface area contributed by atoms with Gasteiger partial charge in [0, 0.05) is 36.6 Å². The molecule has 1 aliphatic heterocycles. The second-order valence-electron chi connectivity index (χ2n) is 7.10. The van der Waals surface area contributed by atoms with E-state index in [4.69, 9.17) is 14.3 Å². The predicted octanol–water partition coefficient (Wildman–Crippen LogP) is 2.32. The minimum atomic E-state index is 0.149. The molecular formula is C19H27N5O3S. The minimum Gasteiger partial charge on any atom is -0.474 e. The second kappa shape index (κ2) is 9.79. The van der Waals surface area contributed by atoms with Crippen molar-refractivity contribution < 1.29 is 14.3 Å². The SMILES string of the molecule is Cc1ncc(CN2CC(Oc3cc(OC4CCC4)ncn3)CC2C)s1.NC=O. The van der Waals surface area contributed by atoms with E-state index >= 15 is 0 Å². The highest BCUT2D eigenvalue weighted by Gasteiger charge is 2.31. The molecule has 2 N–H and O–H groups in total. The quantitative estimate of drug-likeness (QED) is 0.736. The van der Waals surface area contributed by atoms with Crippen molar-refractivity contribution in [3.8, 4) is 11.8 Å². The van der Waals surface area contributed by atoms with Crippen molar-refractivity contribution in [1.82, 2.24) is 19.9 Å². The van der Waals surface area contributed by atoms with E-state index in [1.807, 2.05) is 19.2 Å². The molecule has 2 aromatic rings. The summed E-state index contributed by atoms with van der Waals surface area (Å²) in [4.78, 5) is 25.1. The Balaban J connectivity index is 0.000000706. The highest BCUT2D eigenvalue weighted by molar-refractivity contribution is 7.11. The monoisotopic (exact) mass is 405 g/mol. The molecule has 1 saturated carbocycles. The third kappa shape index (κ3) is 5.62. The maximum Gasteiger partial charge on any atom is 0.220 e. The maximum atomic E-state index is 8.58. The van der Waals surface area contributed by atoms with Gasteiger partial charge in [-0.25, -0.2) is 15.0 Å². The number of amides is 1. The number of ether oxygens (including phenoxy) is 2. The maximum absolute atomic E-state index is 8.58. The van der Waals surface area contributed by atoms with E-state index in [0.717, 1.165) is 37.4 Å². The van der Waals surface area contributed by atoms with Gasteiger partial charge in [-0.15, -0.1) is 11.3 Å². The van der Waals surface area contributed by atoms with Crippen LogP contribution in [0.2, 0.25) is 0 Å². The first-order valence-electron chi connectivity index (χ1n) is 9.53. The molecule has 8 nitrogen and oxygen atoms in total. The summed E-state index contributed by atoms with van der Waals surface area (Å²) in [5.41, 5.74) is 4.17. The van der Waals surface area contributed by atoms with E-state index in [1.54, 1.807) is 11.3 Å². The number of aromatic nitrogens is 3. The molecular weight excluding hydrogens is 378 g/mol. The molecule has 2 aliphatic rings. The van der Waals surface area contributed by atoms with E-state index in [-0.39, 0.29) is 12.5 Å². The summed E-state index contributed by atoms with van der Waals surface area (Å²) in [6.45, 7) is 6.14. The molecule has 152 valence electrons. The number of hydrogen-bond acceptors (Lipinski definition) is 8. The number of hydrogen-bond donors (Lipinski definition) is 1. The van der Waals surface area contributed by atoms with Gasteiger partial charge in [-0.05, 0) is 33.1 Å².